The van der Waals surface area contributed by atoms with Gasteiger partial charge < -0.3 is 5.32 Å². The van der Waals surface area contributed by atoms with Gasteiger partial charge in [0.2, 0.25) is 0 Å². The highest BCUT2D eigenvalue weighted by Gasteiger charge is 1.99. The van der Waals surface area contributed by atoms with Gasteiger partial charge in [0.1, 0.15) is 9.84 Å². The molecular formula is C9H21NO2S2. The lowest BCUT2D eigenvalue weighted by Crippen LogP contribution is -2.19. The maximum atomic E-state index is 10.8. The Labute approximate surface area is 92.0 Å². The van der Waals surface area contributed by atoms with Gasteiger partial charge in [0.15, 0.2) is 0 Å². The molecule has 0 amide bonds. The molecule has 5 heteroatoms. The van der Waals surface area contributed by atoms with E-state index >= 15 is 0 Å². The van der Waals surface area contributed by atoms with E-state index in [-0.39, 0.29) is 0 Å². The molecule has 0 rings (SSSR count). The zero-order chi connectivity index (χ0) is 10.9. The molecule has 0 aliphatic carbocycles. The molecular weight excluding hydrogens is 218 g/mol. The molecule has 1 N–H and O–H groups in total. The fraction of sp³-hybridized carbons (Fsp3) is 1.00. The lowest BCUT2D eigenvalue weighted by atomic mass is 10.3. The molecule has 0 aromatic heterocycles. The predicted molar refractivity (Wildman–Crippen MR) is 64.8 cm³/mol. The Kier molecular flexibility index (Phi) is 8.72. The van der Waals surface area contributed by atoms with Crippen LogP contribution in [0.15, 0.2) is 0 Å². The van der Waals surface area contributed by atoms with Gasteiger partial charge in [-0.05, 0) is 44.4 Å². The molecule has 0 aliphatic heterocycles. The average molecular weight is 239 g/mol. The summed E-state index contributed by atoms with van der Waals surface area (Å²) in [7, 11) is -2.77. The summed E-state index contributed by atoms with van der Waals surface area (Å²) in [6.07, 6.45) is 6.53. The standard InChI is InChI=1S/C9H21NO2S2/c1-13-8-4-3-6-10-7-5-9-14(2,11)12/h10H,3-9H2,1-2H3. The normalized spacial score (nSPS) is 11.9. The second-order valence-corrected chi connectivity index (χ2v) is 6.68. The molecule has 3 nitrogen and oxygen atoms in total. The molecule has 14 heavy (non-hydrogen) atoms. The summed E-state index contributed by atoms with van der Waals surface area (Å²) in [6, 6.07) is 0. The summed E-state index contributed by atoms with van der Waals surface area (Å²) >= 11 is 1.87. The number of rotatable bonds is 9. The van der Waals surface area contributed by atoms with Crippen LogP contribution in [-0.2, 0) is 9.84 Å². The van der Waals surface area contributed by atoms with Crippen LogP contribution in [-0.4, -0.2) is 45.5 Å². The Morgan fingerprint density at radius 3 is 2.36 bits per heavy atom. The van der Waals surface area contributed by atoms with Crippen molar-refractivity contribution in [2.45, 2.75) is 19.3 Å². The SMILES string of the molecule is CSCCCCNCCCS(C)(=O)=O. The van der Waals surface area contributed by atoms with Crippen molar-refractivity contribution in [1.82, 2.24) is 5.32 Å². The van der Waals surface area contributed by atoms with E-state index in [0.717, 1.165) is 19.5 Å². The first-order valence-electron chi connectivity index (χ1n) is 4.93. The summed E-state index contributed by atoms with van der Waals surface area (Å²) in [5, 5.41) is 3.24. The number of hydrogen-bond donors (Lipinski definition) is 1. The third kappa shape index (κ3) is 12.3. The molecule has 0 saturated carbocycles. The van der Waals surface area contributed by atoms with Crippen LogP contribution >= 0.6 is 11.8 Å². The second kappa shape index (κ2) is 8.56. The van der Waals surface area contributed by atoms with Crippen molar-refractivity contribution in [3.8, 4) is 0 Å². The van der Waals surface area contributed by atoms with Gasteiger partial charge in [0.25, 0.3) is 0 Å². The van der Waals surface area contributed by atoms with E-state index < -0.39 is 9.84 Å². The van der Waals surface area contributed by atoms with Crippen LogP contribution in [0.25, 0.3) is 0 Å². The number of unbranched alkanes of at least 4 members (excludes halogenated alkanes) is 1. The maximum Gasteiger partial charge on any atom is 0.147 e. The first-order valence-corrected chi connectivity index (χ1v) is 8.39. The van der Waals surface area contributed by atoms with Crippen molar-refractivity contribution in [2.24, 2.45) is 0 Å². The van der Waals surface area contributed by atoms with E-state index in [0.29, 0.717) is 5.75 Å². The Morgan fingerprint density at radius 1 is 1.14 bits per heavy atom. The van der Waals surface area contributed by atoms with Crippen molar-refractivity contribution < 1.29 is 8.42 Å². The molecule has 0 unspecified atom stereocenters. The van der Waals surface area contributed by atoms with Gasteiger partial charge in [-0.2, -0.15) is 11.8 Å². The summed E-state index contributed by atoms with van der Waals surface area (Å²) in [5.41, 5.74) is 0. The highest BCUT2D eigenvalue weighted by molar-refractivity contribution is 7.98. The maximum absolute atomic E-state index is 10.8. The van der Waals surface area contributed by atoms with E-state index in [1.54, 1.807) is 0 Å². The van der Waals surface area contributed by atoms with E-state index in [9.17, 15) is 8.42 Å². The molecule has 0 aromatic rings. The quantitative estimate of drug-likeness (QED) is 0.613. The summed E-state index contributed by atoms with van der Waals surface area (Å²) in [4.78, 5) is 0. The number of sulfone groups is 1. The molecule has 0 radical (unpaired) electrons. The van der Waals surface area contributed by atoms with E-state index in [1.165, 1.54) is 24.9 Å². The predicted octanol–water partition coefficient (Wildman–Crippen LogP) is 1.15. The topological polar surface area (TPSA) is 46.2 Å². The minimum Gasteiger partial charge on any atom is -0.317 e. The van der Waals surface area contributed by atoms with Crippen molar-refractivity contribution in [1.29, 1.82) is 0 Å². The fourth-order valence-corrected chi connectivity index (χ4v) is 2.24. The van der Waals surface area contributed by atoms with E-state index in [4.69, 9.17) is 0 Å². The molecule has 0 saturated heterocycles. The van der Waals surface area contributed by atoms with Gasteiger partial charge in [-0.1, -0.05) is 0 Å². The van der Waals surface area contributed by atoms with E-state index in [2.05, 4.69) is 11.6 Å². The summed E-state index contributed by atoms with van der Waals surface area (Å²) in [6.45, 7) is 1.82. The van der Waals surface area contributed by atoms with Crippen LogP contribution in [0.2, 0.25) is 0 Å². The van der Waals surface area contributed by atoms with Crippen LogP contribution in [0, 0.1) is 0 Å². The smallest absolute Gasteiger partial charge is 0.147 e. The zero-order valence-electron chi connectivity index (χ0n) is 9.08. The number of hydrogen-bond acceptors (Lipinski definition) is 4. The lowest BCUT2D eigenvalue weighted by molar-refractivity contribution is 0.591. The summed E-state index contributed by atoms with van der Waals surface area (Å²) < 4.78 is 21.5. The molecule has 0 heterocycles. The highest BCUT2D eigenvalue weighted by atomic mass is 32.2. The van der Waals surface area contributed by atoms with Gasteiger partial charge in [0.05, 0.1) is 5.75 Å². The first kappa shape index (κ1) is 14.3. The highest BCUT2D eigenvalue weighted by Crippen LogP contribution is 1.97. The Bertz CT molecular complexity index is 215. The molecule has 0 bridgehead atoms. The summed E-state index contributed by atoms with van der Waals surface area (Å²) in [5.74, 6) is 1.51. The minimum atomic E-state index is -2.77. The van der Waals surface area contributed by atoms with Crippen molar-refractivity contribution in [2.75, 3.05) is 37.1 Å². The number of nitrogens with one attached hydrogen (secondary N) is 1. The van der Waals surface area contributed by atoms with Crippen LogP contribution < -0.4 is 5.32 Å². The molecule has 86 valence electrons. The lowest BCUT2D eigenvalue weighted by Gasteiger charge is -2.03. The Balaban J connectivity index is 3.07. The van der Waals surface area contributed by atoms with Crippen LogP contribution in [0.1, 0.15) is 19.3 Å². The van der Waals surface area contributed by atoms with Gasteiger partial charge in [-0.15, -0.1) is 0 Å². The van der Waals surface area contributed by atoms with Gasteiger partial charge in [-0.25, -0.2) is 8.42 Å². The zero-order valence-corrected chi connectivity index (χ0v) is 10.7. The average Bonchev–Trinajstić information content (AvgIpc) is 2.08. The van der Waals surface area contributed by atoms with Crippen molar-refractivity contribution in [3.05, 3.63) is 0 Å². The molecule has 0 aliphatic rings. The van der Waals surface area contributed by atoms with Crippen molar-refractivity contribution >= 4 is 21.6 Å². The minimum absolute atomic E-state index is 0.296. The molecule has 0 aromatic carbocycles. The monoisotopic (exact) mass is 239 g/mol. The van der Waals surface area contributed by atoms with Crippen LogP contribution in [0.3, 0.4) is 0 Å². The molecule has 0 fully saturated rings. The second-order valence-electron chi connectivity index (χ2n) is 3.43. The van der Waals surface area contributed by atoms with E-state index in [1.807, 2.05) is 11.8 Å². The van der Waals surface area contributed by atoms with Gasteiger partial charge in [-0.3, -0.25) is 0 Å². The van der Waals surface area contributed by atoms with Gasteiger partial charge in [0, 0.05) is 6.26 Å². The first-order chi connectivity index (χ1) is 6.56. The third-order valence-electron chi connectivity index (χ3n) is 1.82. The van der Waals surface area contributed by atoms with Crippen LogP contribution in [0.5, 0.6) is 0 Å². The van der Waals surface area contributed by atoms with Crippen molar-refractivity contribution in [3.63, 3.8) is 0 Å². The fourth-order valence-electron chi connectivity index (χ4n) is 1.08. The Hall–Kier alpha value is 0.260. The van der Waals surface area contributed by atoms with Gasteiger partial charge >= 0.3 is 0 Å². The number of thioether (sulfide) groups is 1. The Morgan fingerprint density at radius 2 is 1.79 bits per heavy atom. The molecule has 0 atom stereocenters. The van der Waals surface area contributed by atoms with Crippen LogP contribution in [0.4, 0.5) is 0 Å². The third-order valence-corrected chi connectivity index (χ3v) is 3.55. The molecule has 0 spiro atoms. The largest absolute Gasteiger partial charge is 0.317 e.